The molecule has 1 aromatic carbocycles. The smallest absolute Gasteiger partial charge is 0.238 e. The van der Waals surface area contributed by atoms with E-state index in [4.69, 9.17) is 11.6 Å². The Morgan fingerprint density at radius 3 is 2.65 bits per heavy atom. The molecule has 0 aliphatic rings. The summed E-state index contributed by atoms with van der Waals surface area (Å²) in [7, 11) is -3.73. The lowest BCUT2D eigenvalue weighted by molar-refractivity contribution is -0.120. The van der Waals surface area contributed by atoms with Gasteiger partial charge in [0.25, 0.3) is 0 Å². The third-order valence-electron chi connectivity index (χ3n) is 4.03. The normalized spacial score (nSPS) is 12.6. The molecule has 2 rings (SSSR count). The number of rotatable bonds is 8. The van der Waals surface area contributed by atoms with Crippen LogP contribution in [0.5, 0.6) is 0 Å². The van der Waals surface area contributed by atoms with Gasteiger partial charge in [0.05, 0.1) is 18.0 Å². The first-order valence-corrected chi connectivity index (χ1v) is 10.2. The zero-order valence-corrected chi connectivity index (χ0v) is 16.3. The number of benzene rings is 1. The summed E-state index contributed by atoms with van der Waals surface area (Å²) in [5, 5.41) is 5.94. The Hall–Kier alpha value is -2.12. The van der Waals surface area contributed by atoms with Crippen molar-refractivity contribution < 1.29 is 13.2 Å². The summed E-state index contributed by atoms with van der Waals surface area (Å²) in [6, 6.07) is 9.62. The quantitative estimate of drug-likeness (QED) is 0.696. The van der Waals surface area contributed by atoms with Crippen molar-refractivity contribution in [1.29, 1.82) is 0 Å². The molecule has 1 heterocycles. The van der Waals surface area contributed by atoms with Gasteiger partial charge in [0.15, 0.2) is 9.84 Å². The molecule has 0 radical (unpaired) electrons. The lowest BCUT2D eigenvalue weighted by Crippen LogP contribution is -2.38. The van der Waals surface area contributed by atoms with Gasteiger partial charge in [-0.05, 0) is 19.4 Å². The number of nitrogens with one attached hydrogen (secondary N) is 1. The zero-order chi connectivity index (χ0) is 19.3. The second-order valence-corrected chi connectivity index (χ2v) is 8.66. The van der Waals surface area contributed by atoms with Crippen LogP contribution in [0.3, 0.4) is 0 Å². The molecule has 0 fully saturated rings. The van der Waals surface area contributed by atoms with E-state index in [1.54, 1.807) is 11.6 Å². The molecular formula is C18H22ClN3O3S. The molecule has 140 valence electrons. The van der Waals surface area contributed by atoms with Gasteiger partial charge < -0.3 is 5.32 Å². The molecule has 8 heteroatoms. The number of carbonyl (C=O) groups is 1. The van der Waals surface area contributed by atoms with Gasteiger partial charge in [-0.2, -0.15) is 5.10 Å². The van der Waals surface area contributed by atoms with E-state index in [1.807, 2.05) is 30.3 Å². The van der Waals surface area contributed by atoms with E-state index < -0.39 is 21.0 Å². The molecule has 1 amide bonds. The van der Waals surface area contributed by atoms with Gasteiger partial charge in [0.2, 0.25) is 5.91 Å². The average Bonchev–Trinajstić information content (AvgIpc) is 2.87. The van der Waals surface area contributed by atoms with Crippen LogP contribution in [-0.2, 0) is 26.9 Å². The van der Waals surface area contributed by atoms with Gasteiger partial charge in [-0.15, -0.1) is 6.58 Å². The first-order valence-electron chi connectivity index (χ1n) is 8.12. The van der Waals surface area contributed by atoms with Gasteiger partial charge in [0, 0.05) is 12.1 Å². The summed E-state index contributed by atoms with van der Waals surface area (Å²) < 4.78 is 26.8. The SMILES string of the molecule is C=CCNC(=O)C(C)S(=O)(=O)Cc1c(C)nn(Cc2ccccc2)c1Cl. The van der Waals surface area contributed by atoms with E-state index in [0.717, 1.165) is 5.56 Å². The Morgan fingerprint density at radius 2 is 2.04 bits per heavy atom. The molecule has 0 saturated carbocycles. The first kappa shape index (κ1) is 20.2. The van der Waals surface area contributed by atoms with Crippen LogP contribution in [0, 0.1) is 6.92 Å². The predicted molar refractivity (Wildman–Crippen MR) is 103 cm³/mol. The van der Waals surface area contributed by atoms with E-state index in [1.165, 1.54) is 13.0 Å². The van der Waals surface area contributed by atoms with Crippen molar-refractivity contribution in [3.63, 3.8) is 0 Å². The Kier molecular flexibility index (Phi) is 6.61. The third kappa shape index (κ3) is 4.74. The molecule has 0 saturated heterocycles. The van der Waals surface area contributed by atoms with Gasteiger partial charge in [-0.1, -0.05) is 48.0 Å². The molecule has 1 aromatic heterocycles. The number of amides is 1. The van der Waals surface area contributed by atoms with Gasteiger partial charge in [0.1, 0.15) is 10.4 Å². The third-order valence-corrected chi connectivity index (χ3v) is 6.44. The van der Waals surface area contributed by atoms with Crippen molar-refractivity contribution in [3.05, 3.63) is 65.0 Å². The average molecular weight is 396 g/mol. The van der Waals surface area contributed by atoms with Gasteiger partial charge >= 0.3 is 0 Å². The summed E-state index contributed by atoms with van der Waals surface area (Å²) in [5.74, 6) is -0.898. The number of carbonyl (C=O) groups excluding carboxylic acids is 1. The summed E-state index contributed by atoms with van der Waals surface area (Å²) >= 11 is 6.38. The number of aryl methyl sites for hydroxylation is 1. The molecule has 0 aliphatic carbocycles. The van der Waals surface area contributed by atoms with Crippen molar-refractivity contribution in [2.24, 2.45) is 0 Å². The molecule has 1 atom stereocenters. The summed E-state index contributed by atoms with van der Waals surface area (Å²) in [4.78, 5) is 12.0. The van der Waals surface area contributed by atoms with Crippen LogP contribution in [0.25, 0.3) is 0 Å². The fourth-order valence-corrected chi connectivity index (χ4v) is 4.21. The van der Waals surface area contributed by atoms with E-state index in [9.17, 15) is 13.2 Å². The van der Waals surface area contributed by atoms with Crippen LogP contribution in [-0.4, -0.2) is 35.9 Å². The molecule has 0 bridgehead atoms. The Morgan fingerprint density at radius 1 is 1.38 bits per heavy atom. The molecule has 1 unspecified atom stereocenters. The van der Waals surface area contributed by atoms with Crippen LogP contribution >= 0.6 is 11.6 Å². The minimum Gasteiger partial charge on any atom is -0.352 e. The van der Waals surface area contributed by atoms with Crippen LogP contribution in [0.15, 0.2) is 43.0 Å². The predicted octanol–water partition coefficient (Wildman–Crippen LogP) is 2.50. The van der Waals surface area contributed by atoms with Crippen molar-refractivity contribution in [1.82, 2.24) is 15.1 Å². The molecule has 6 nitrogen and oxygen atoms in total. The standard InChI is InChI=1S/C18H22ClN3O3S/c1-4-10-20-18(23)14(3)26(24,25)12-16-13(2)21-22(17(16)19)11-15-8-6-5-7-9-15/h4-9,14H,1,10-12H2,2-3H3,(H,20,23). The number of hydrogen-bond donors (Lipinski definition) is 1. The van der Waals surface area contributed by atoms with Crippen molar-refractivity contribution in [2.45, 2.75) is 31.4 Å². The topological polar surface area (TPSA) is 81.1 Å². The van der Waals surface area contributed by atoms with Crippen LogP contribution in [0.2, 0.25) is 5.15 Å². The molecule has 1 N–H and O–H groups in total. The Balaban J connectivity index is 2.21. The highest BCUT2D eigenvalue weighted by Crippen LogP contribution is 2.24. The Labute approximate surface area is 158 Å². The maximum Gasteiger partial charge on any atom is 0.238 e. The van der Waals surface area contributed by atoms with Crippen molar-refractivity contribution in [3.8, 4) is 0 Å². The second kappa shape index (κ2) is 8.51. The minimum absolute atomic E-state index is 0.216. The molecule has 0 spiro atoms. The fraction of sp³-hybridized carbons (Fsp3) is 0.333. The first-order chi connectivity index (χ1) is 12.3. The van der Waals surface area contributed by atoms with Crippen molar-refractivity contribution >= 4 is 27.3 Å². The maximum atomic E-state index is 12.6. The summed E-state index contributed by atoms with van der Waals surface area (Å²) in [6.07, 6.45) is 1.49. The lowest BCUT2D eigenvalue weighted by atomic mass is 10.2. The lowest BCUT2D eigenvalue weighted by Gasteiger charge is -2.12. The molecule has 26 heavy (non-hydrogen) atoms. The highest BCUT2D eigenvalue weighted by molar-refractivity contribution is 7.92. The van der Waals surface area contributed by atoms with E-state index >= 15 is 0 Å². The number of halogens is 1. The fourth-order valence-electron chi connectivity index (χ4n) is 2.42. The highest BCUT2D eigenvalue weighted by atomic mass is 35.5. The number of hydrogen-bond acceptors (Lipinski definition) is 4. The maximum absolute atomic E-state index is 12.6. The second-order valence-electron chi connectivity index (χ2n) is 5.98. The van der Waals surface area contributed by atoms with E-state index in [0.29, 0.717) is 17.8 Å². The largest absolute Gasteiger partial charge is 0.352 e. The number of nitrogens with zero attached hydrogens (tertiary/aromatic N) is 2. The highest BCUT2D eigenvalue weighted by Gasteiger charge is 2.30. The van der Waals surface area contributed by atoms with E-state index in [-0.39, 0.29) is 17.5 Å². The molecule has 0 aliphatic heterocycles. The number of sulfone groups is 1. The zero-order valence-electron chi connectivity index (χ0n) is 14.8. The Bertz CT molecular complexity index is 892. The van der Waals surface area contributed by atoms with Gasteiger partial charge in [-0.25, -0.2) is 13.1 Å². The van der Waals surface area contributed by atoms with Gasteiger partial charge in [-0.3, -0.25) is 4.79 Å². The monoisotopic (exact) mass is 395 g/mol. The minimum atomic E-state index is -3.73. The van der Waals surface area contributed by atoms with Crippen molar-refractivity contribution in [2.75, 3.05) is 6.54 Å². The molecule has 2 aromatic rings. The molecular weight excluding hydrogens is 374 g/mol. The van der Waals surface area contributed by atoms with Crippen LogP contribution in [0.1, 0.15) is 23.7 Å². The summed E-state index contributed by atoms with van der Waals surface area (Å²) in [6.45, 7) is 7.22. The number of aromatic nitrogens is 2. The summed E-state index contributed by atoms with van der Waals surface area (Å²) in [5.41, 5.74) is 1.96. The van der Waals surface area contributed by atoms with Crippen LogP contribution < -0.4 is 5.32 Å². The van der Waals surface area contributed by atoms with E-state index in [2.05, 4.69) is 17.0 Å². The van der Waals surface area contributed by atoms with Crippen LogP contribution in [0.4, 0.5) is 0 Å².